The molecule has 0 fully saturated rings. The summed E-state index contributed by atoms with van der Waals surface area (Å²) in [6.45, 7) is 2.01. The lowest BCUT2D eigenvalue weighted by Gasteiger charge is -2.21. The maximum atomic E-state index is 6.46. The highest BCUT2D eigenvalue weighted by Crippen LogP contribution is 2.37. The largest absolute Gasteiger partial charge is 0.497 e. The van der Waals surface area contributed by atoms with Crippen molar-refractivity contribution in [1.82, 2.24) is 0 Å². The molecule has 0 aliphatic rings. The zero-order chi connectivity index (χ0) is 15.4. The summed E-state index contributed by atoms with van der Waals surface area (Å²) in [5.41, 5.74) is 9.38. The Labute approximate surface area is 125 Å². The molecular weight excluding hydrogens is 266 g/mol. The summed E-state index contributed by atoms with van der Waals surface area (Å²) < 4.78 is 16.1. The minimum absolute atomic E-state index is 0.331. The van der Waals surface area contributed by atoms with Gasteiger partial charge in [0.2, 0.25) is 0 Å². The van der Waals surface area contributed by atoms with Gasteiger partial charge in [0.1, 0.15) is 17.2 Å². The number of hydrogen-bond donors (Lipinski definition) is 1. The molecule has 0 amide bonds. The van der Waals surface area contributed by atoms with E-state index in [1.165, 1.54) is 0 Å². The van der Waals surface area contributed by atoms with Crippen LogP contribution in [0, 0.1) is 6.92 Å². The molecule has 0 spiro atoms. The van der Waals surface area contributed by atoms with E-state index < -0.39 is 0 Å². The normalized spacial score (nSPS) is 11.9. The Morgan fingerprint density at radius 3 is 2.00 bits per heavy atom. The lowest BCUT2D eigenvalue weighted by atomic mass is 9.94. The number of aryl methyl sites for hydroxylation is 1. The van der Waals surface area contributed by atoms with Crippen LogP contribution in [-0.2, 0) is 0 Å². The molecule has 0 aliphatic carbocycles. The van der Waals surface area contributed by atoms with E-state index in [1.54, 1.807) is 21.3 Å². The average Bonchev–Trinajstić information content (AvgIpc) is 2.53. The van der Waals surface area contributed by atoms with Crippen LogP contribution < -0.4 is 19.9 Å². The van der Waals surface area contributed by atoms with E-state index in [1.807, 2.05) is 43.3 Å². The second-order valence-corrected chi connectivity index (χ2v) is 4.78. The van der Waals surface area contributed by atoms with Gasteiger partial charge in [0.15, 0.2) is 0 Å². The number of methoxy groups -OCH3 is 3. The van der Waals surface area contributed by atoms with Crippen LogP contribution in [0.4, 0.5) is 0 Å². The Kier molecular flexibility index (Phi) is 4.70. The van der Waals surface area contributed by atoms with Crippen molar-refractivity contribution in [2.75, 3.05) is 21.3 Å². The summed E-state index contributed by atoms with van der Waals surface area (Å²) in [6.07, 6.45) is 0. The molecule has 2 aromatic carbocycles. The first kappa shape index (κ1) is 15.2. The summed E-state index contributed by atoms with van der Waals surface area (Å²) in [5.74, 6) is 2.25. The third-order valence-corrected chi connectivity index (χ3v) is 3.59. The van der Waals surface area contributed by atoms with Crippen molar-refractivity contribution in [3.8, 4) is 17.2 Å². The highest BCUT2D eigenvalue weighted by Gasteiger charge is 2.20. The van der Waals surface area contributed by atoms with E-state index in [9.17, 15) is 0 Å². The fraction of sp³-hybridized carbons (Fsp3) is 0.294. The molecule has 2 N–H and O–H groups in total. The fourth-order valence-electron chi connectivity index (χ4n) is 2.47. The van der Waals surface area contributed by atoms with Crippen LogP contribution in [-0.4, -0.2) is 21.3 Å². The zero-order valence-corrected chi connectivity index (χ0v) is 12.8. The van der Waals surface area contributed by atoms with Gasteiger partial charge in [-0.3, -0.25) is 0 Å². The molecule has 0 radical (unpaired) electrons. The molecule has 0 aliphatic heterocycles. The third-order valence-electron chi connectivity index (χ3n) is 3.59. The summed E-state index contributed by atoms with van der Waals surface area (Å²) in [4.78, 5) is 0. The van der Waals surface area contributed by atoms with Gasteiger partial charge in [-0.1, -0.05) is 12.1 Å². The molecule has 0 saturated heterocycles. The first-order valence-corrected chi connectivity index (χ1v) is 6.73. The van der Waals surface area contributed by atoms with Gasteiger partial charge in [0.05, 0.1) is 32.9 Å². The van der Waals surface area contributed by atoms with Gasteiger partial charge in [-0.05, 0) is 42.3 Å². The summed E-state index contributed by atoms with van der Waals surface area (Å²) in [6, 6.07) is 11.2. The van der Waals surface area contributed by atoms with Gasteiger partial charge >= 0.3 is 0 Å². The van der Waals surface area contributed by atoms with Crippen molar-refractivity contribution in [3.05, 3.63) is 53.1 Å². The molecule has 0 saturated carbocycles. The molecule has 0 aromatic heterocycles. The van der Waals surface area contributed by atoms with Crippen LogP contribution in [0.25, 0.3) is 0 Å². The highest BCUT2D eigenvalue weighted by atomic mass is 16.5. The monoisotopic (exact) mass is 287 g/mol. The Morgan fingerprint density at radius 1 is 0.905 bits per heavy atom. The number of ether oxygens (including phenoxy) is 3. The van der Waals surface area contributed by atoms with Crippen molar-refractivity contribution < 1.29 is 14.2 Å². The Hall–Kier alpha value is -2.20. The zero-order valence-electron chi connectivity index (χ0n) is 12.8. The number of benzene rings is 2. The second-order valence-electron chi connectivity index (χ2n) is 4.78. The molecule has 112 valence electrons. The van der Waals surface area contributed by atoms with E-state index in [0.29, 0.717) is 0 Å². The number of hydrogen-bond acceptors (Lipinski definition) is 4. The lowest BCUT2D eigenvalue weighted by Crippen LogP contribution is -2.15. The Morgan fingerprint density at radius 2 is 1.52 bits per heavy atom. The molecule has 21 heavy (non-hydrogen) atoms. The van der Waals surface area contributed by atoms with Gasteiger partial charge in [-0.15, -0.1) is 0 Å². The molecule has 4 heteroatoms. The molecule has 1 unspecified atom stereocenters. The maximum Gasteiger partial charge on any atom is 0.127 e. The maximum absolute atomic E-state index is 6.46. The van der Waals surface area contributed by atoms with Gasteiger partial charge < -0.3 is 19.9 Å². The summed E-state index contributed by atoms with van der Waals surface area (Å²) >= 11 is 0. The Bertz CT molecular complexity index is 603. The summed E-state index contributed by atoms with van der Waals surface area (Å²) in [5, 5.41) is 0. The molecule has 1 atom stereocenters. The first-order valence-electron chi connectivity index (χ1n) is 6.73. The first-order chi connectivity index (χ1) is 10.1. The second kappa shape index (κ2) is 6.50. The van der Waals surface area contributed by atoms with Crippen LogP contribution >= 0.6 is 0 Å². The van der Waals surface area contributed by atoms with Gasteiger partial charge in [-0.25, -0.2) is 0 Å². The van der Waals surface area contributed by atoms with Crippen LogP contribution in [0.3, 0.4) is 0 Å². The minimum atomic E-state index is -0.331. The van der Waals surface area contributed by atoms with E-state index in [-0.39, 0.29) is 6.04 Å². The molecule has 0 bridgehead atoms. The standard InChI is InChI=1S/C17H21NO3/c1-11-10-12(19-2)8-9-13(11)17(18)16-14(20-3)6-5-7-15(16)21-4/h5-10,17H,18H2,1-4H3. The van der Waals surface area contributed by atoms with Crippen molar-refractivity contribution in [3.63, 3.8) is 0 Å². The van der Waals surface area contributed by atoms with Crippen LogP contribution in [0.1, 0.15) is 22.7 Å². The molecular formula is C17H21NO3. The topological polar surface area (TPSA) is 53.7 Å². The lowest BCUT2D eigenvalue weighted by molar-refractivity contribution is 0.382. The molecule has 2 rings (SSSR count). The number of rotatable bonds is 5. The van der Waals surface area contributed by atoms with E-state index >= 15 is 0 Å². The highest BCUT2D eigenvalue weighted by molar-refractivity contribution is 5.52. The predicted octanol–water partition coefficient (Wildman–Crippen LogP) is 3.07. The predicted molar refractivity (Wildman–Crippen MR) is 83.3 cm³/mol. The smallest absolute Gasteiger partial charge is 0.127 e. The van der Waals surface area contributed by atoms with Crippen LogP contribution in [0.15, 0.2) is 36.4 Å². The third kappa shape index (κ3) is 2.95. The van der Waals surface area contributed by atoms with E-state index in [2.05, 4.69) is 0 Å². The average molecular weight is 287 g/mol. The molecule has 0 heterocycles. The quantitative estimate of drug-likeness (QED) is 0.918. The van der Waals surface area contributed by atoms with Crippen LogP contribution in [0.5, 0.6) is 17.2 Å². The summed E-state index contributed by atoms with van der Waals surface area (Å²) in [7, 11) is 4.91. The van der Waals surface area contributed by atoms with Crippen molar-refractivity contribution >= 4 is 0 Å². The van der Waals surface area contributed by atoms with Gasteiger partial charge in [0, 0.05) is 0 Å². The van der Waals surface area contributed by atoms with Crippen molar-refractivity contribution in [1.29, 1.82) is 0 Å². The van der Waals surface area contributed by atoms with Crippen LogP contribution in [0.2, 0.25) is 0 Å². The van der Waals surface area contributed by atoms with Gasteiger partial charge in [-0.2, -0.15) is 0 Å². The van der Waals surface area contributed by atoms with E-state index in [0.717, 1.165) is 33.9 Å². The molecule has 2 aromatic rings. The van der Waals surface area contributed by atoms with E-state index in [4.69, 9.17) is 19.9 Å². The molecule has 4 nitrogen and oxygen atoms in total. The Balaban J connectivity index is 2.51. The number of nitrogens with two attached hydrogens (primary N) is 1. The fourth-order valence-corrected chi connectivity index (χ4v) is 2.47. The van der Waals surface area contributed by atoms with Gasteiger partial charge in [0.25, 0.3) is 0 Å². The minimum Gasteiger partial charge on any atom is -0.497 e. The van der Waals surface area contributed by atoms with Crippen molar-refractivity contribution in [2.45, 2.75) is 13.0 Å². The SMILES string of the molecule is COc1ccc(C(N)c2c(OC)cccc2OC)c(C)c1. The van der Waals surface area contributed by atoms with Crippen molar-refractivity contribution in [2.24, 2.45) is 5.73 Å².